The Balaban J connectivity index is 0.000000214. The van der Waals surface area contributed by atoms with Crippen molar-refractivity contribution in [2.24, 2.45) is 5.92 Å². The zero-order valence-electron chi connectivity index (χ0n) is 46.0. The first-order valence-corrected chi connectivity index (χ1v) is 26.1. The Morgan fingerprint density at radius 3 is 2.15 bits per heavy atom. The van der Waals surface area contributed by atoms with Gasteiger partial charge in [0.25, 0.3) is 0 Å². The van der Waals surface area contributed by atoms with Crippen LogP contribution in [-0.2, 0) is 26.5 Å². The van der Waals surface area contributed by atoms with Crippen LogP contribution in [0.1, 0.15) is 85.2 Å². The second-order valence-corrected chi connectivity index (χ2v) is 23.9. The van der Waals surface area contributed by atoms with Gasteiger partial charge in [-0.15, -0.1) is 59.1 Å². The monoisotopic (exact) mass is 1070 g/mol. The van der Waals surface area contributed by atoms with Crippen LogP contribution in [0.25, 0.3) is 83.2 Å². The summed E-state index contributed by atoms with van der Waals surface area (Å²) < 4.78 is 64.5. The molecule has 335 valence electrons. The van der Waals surface area contributed by atoms with Crippen molar-refractivity contribution in [3.8, 4) is 39.5 Å². The molecule has 10 rings (SSSR count). The number of hydrogen-bond acceptors (Lipinski definition) is 3. The summed E-state index contributed by atoms with van der Waals surface area (Å²) in [6.45, 7) is 16.6. The first kappa shape index (κ1) is 38.2. The molecule has 66 heavy (non-hydrogen) atoms. The molecule has 0 saturated carbocycles. The topological polar surface area (TPSA) is 43.9 Å². The third-order valence-electron chi connectivity index (χ3n) is 12.0. The molecule has 3 heterocycles. The Kier molecular flexibility index (Phi) is 11.1. The maximum absolute atomic E-state index is 8.60. The number of fused-ring (bicyclic) bond motifs is 6. The largest absolute Gasteiger partial charge is 0.500 e. The van der Waals surface area contributed by atoms with E-state index in [9.17, 15) is 0 Å². The van der Waals surface area contributed by atoms with Crippen molar-refractivity contribution in [1.82, 2.24) is 14.5 Å². The van der Waals surface area contributed by atoms with E-state index in [1.807, 2.05) is 19.9 Å². The number of nitrogens with zero attached hydrogens (tertiary/aromatic N) is 3. The molecule has 0 unspecified atom stereocenters. The van der Waals surface area contributed by atoms with E-state index in [2.05, 4.69) is 178 Å². The quantitative estimate of drug-likeness (QED) is 0.107. The van der Waals surface area contributed by atoms with Gasteiger partial charge in [0.15, 0.2) is 0 Å². The minimum absolute atomic E-state index is 0. The summed E-state index contributed by atoms with van der Waals surface area (Å²) in [7, 11) is -1.87. The molecular formula is C60H59IrN3OSi-2. The van der Waals surface area contributed by atoms with Crippen LogP contribution in [0.4, 0.5) is 0 Å². The van der Waals surface area contributed by atoms with Crippen molar-refractivity contribution >= 4 is 57.0 Å². The van der Waals surface area contributed by atoms with Gasteiger partial charge in [-0.25, -0.2) is 0 Å². The van der Waals surface area contributed by atoms with Gasteiger partial charge in [0, 0.05) is 47.0 Å². The second kappa shape index (κ2) is 19.1. The zero-order valence-corrected chi connectivity index (χ0v) is 42.4. The van der Waals surface area contributed by atoms with Gasteiger partial charge in [0.1, 0.15) is 5.58 Å². The van der Waals surface area contributed by atoms with Crippen molar-refractivity contribution < 1.29 is 34.1 Å². The molecule has 0 saturated heterocycles. The van der Waals surface area contributed by atoms with Gasteiger partial charge in [-0.1, -0.05) is 158 Å². The first-order chi connectivity index (χ1) is 34.0. The number of rotatable bonds is 9. The maximum atomic E-state index is 8.60. The zero-order chi connectivity index (χ0) is 51.6. The van der Waals surface area contributed by atoms with E-state index in [-0.39, 0.29) is 43.7 Å². The van der Waals surface area contributed by atoms with E-state index in [0.29, 0.717) is 28.7 Å². The molecule has 1 radical (unpaired) electrons. The predicted molar refractivity (Wildman–Crippen MR) is 279 cm³/mol. The average Bonchev–Trinajstić information content (AvgIpc) is 3.91. The van der Waals surface area contributed by atoms with Crippen molar-refractivity contribution in [3.05, 3.63) is 180 Å². The van der Waals surface area contributed by atoms with Gasteiger partial charge >= 0.3 is 0 Å². The van der Waals surface area contributed by atoms with Crippen LogP contribution >= 0.6 is 0 Å². The van der Waals surface area contributed by atoms with Crippen LogP contribution in [0, 0.1) is 24.9 Å². The first-order valence-electron chi connectivity index (χ1n) is 26.1. The molecule has 3 aromatic heterocycles. The summed E-state index contributed by atoms with van der Waals surface area (Å²) in [4.78, 5) is 9.73. The molecule has 7 aromatic carbocycles. The van der Waals surface area contributed by atoms with Crippen LogP contribution in [0.15, 0.2) is 150 Å². The standard InChI is InChI=1S/C41H33N2O.C19H26NSi.Ir/c1-25(2)32-23-30(27-12-6-5-7-13-27)24-33(26(3)4)40(32)43-36-17-11-10-16-35(36)42-41(43)29-19-20-37-34(22-29)39-31-15-9-8-14-28(31)18-21-38(39)44-37;1-14(2)11-17-12-18(16-9-7-15(3)8-10-16)20-13-19(17)21(4,5)6;/h5-18,20-26H,1-4H3;7-9,12-14H,11H2,1-6H3;/q2*-1;/i;3D3,7D,8D,11D2;. The van der Waals surface area contributed by atoms with Crippen molar-refractivity contribution in [3.63, 3.8) is 0 Å². The number of para-hydroxylation sites is 2. The molecule has 0 aliphatic rings. The van der Waals surface area contributed by atoms with Crippen molar-refractivity contribution in [1.29, 1.82) is 0 Å². The Hall–Kier alpha value is -5.91. The Morgan fingerprint density at radius 2 is 1.45 bits per heavy atom. The van der Waals surface area contributed by atoms with Crippen LogP contribution in [-0.4, -0.2) is 22.6 Å². The minimum Gasteiger partial charge on any atom is -0.500 e. The number of imidazole rings is 1. The molecule has 0 spiro atoms. The molecular weight excluding hydrogens is 999 g/mol. The molecule has 4 nitrogen and oxygen atoms in total. The number of furan rings is 1. The number of aromatic nitrogens is 3. The van der Waals surface area contributed by atoms with Gasteiger partial charge in [0.2, 0.25) is 0 Å². The molecule has 0 atom stereocenters. The summed E-state index contributed by atoms with van der Waals surface area (Å²) in [5, 5.41) is 5.53. The van der Waals surface area contributed by atoms with Crippen molar-refractivity contribution in [2.45, 2.75) is 86.2 Å². The fraction of sp³-hybridized carbons (Fsp3) is 0.233. The summed E-state index contributed by atoms with van der Waals surface area (Å²) >= 11 is 0. The molecule has 0 N–H and O–H groups in total. The normalized spacial score (nSPS) is 13.8. The Morgan fingerprint density at radius 1 is 0.742 bits per heavy atom. The minimum atomic E-state index is -2.56. The number of hydrogen-bond donors (Lipinski definition) is 0. The average molecular weight is 1070 g/mol. The van der Waals surface area contributed by atoms with E-state index in [1.54, 1.807) is 12.3 Å². The van der Waals surface area contributed by atoms with Gasteiger partial charge in [0.05, 0.1) is 30.5 Å². The van der Waals surface area contributed by atoms with E-state index < -0.39 is 21.3 Å². The SMILES string of the molecule is CC(C)c1cc(-c2ccccc2)cc(C(C)C)c1-n1c(-c2[c-]cc3oc4ccc5ccccc5c4c3c2)nc2ccccc21.[2H]c1[c-]c(-c2cc(C([2H])([2H])C(C)C)c([Si](C)(C)C)cn2)cc([2H])c1C([2H])([2H])[2H].[Ir]. The summed E-state index contributed by atoms with van der Waals surface area (Å²) in [5.74, 6) is 1.24. The number of benzene rings is 7. The molecule has 10 aromatic rings. The van der Waals surface area contributed by atoms with Crippen LogP contribution in [0.2, 0.25) is 19.6 Å². The molecule has 0 fully saturated rings. The second-order valence-electron chi connectivity index (χ2n) is 18.8. The molecule has 6 heteroatoms. The molecule has 0 bridgehead atoms. The van der Waals surface area contributed by atoms with E-state index in [0.717, 1.165) is 49.5 Å². The summed E-state index contributed by atoms with van der Waals surface area (Å²) in [6.07, 6.45) is 0.120. The number of pyridine rings is 1. The summed E-state index contributed by atoms with van der Waals surface area (Å²) in [6, 6.07) is 49.5. The Labute approximate surface area is 415 Å². The van der Waals surface area contributed by atoms with E-state index >= 15 is 0 Å². The van der Waals surface area contributed by atoms with Crippen LogP contribution < -0.4 is 5.19 Å². The Bertz CT molecular complexity index is 3620. The van der Waals surface area contributed by atoms with Crippen LogP contribution in [0.3, 0.4) is 0 Å². The smallest absolute Gasteiger partial charge is 0.121 e. The summed E-state index contributed by atoms with van der Waals surface area (Å²) in [5.41, 5.74) is 12.0. The van der Waals surface area contributed by atoms with Crippen molar-refractivity contribution in [2.75, 3.05) is 0 Å². The predicted octanol–water partition coefficient (Wildman–Crippen LogP) is 16.1. The van der Waals surface area contributed by atoms with E-state index in [1.165, 1.54) is 44.8 Å². The van der Waals surface area contributed by atoms with Gasteiger partial charge in [-0.2, -0.15) is 0 Å². The third-order valence-corrected chi connectivity index (χ3v) is 14.0. The van der Waals surface area contributed by atoms with Crippen LogP contribution in [0.5, 0.6) is 0 Å². The van der Waals surface area contributed by atoms with Gasteiger partial charge in [-0.05, 0) is 98.4 Å². The fourth-order valence-electron chi connectivity index (χ4n) is 8.78. The third kappa shape index (κ3) is 9.25. The van der Waals surface area contributed by atoms with E-state index in [4.69, 9.17) is 19.0 Å². The molecule has 0 aliphatic heterocycles. The maximum Gasteiger partial charge on any atom is 0.121 e. The molecule has 0 aliphatic carbocycles. The molecule has 0 amide bonds. The van der Waals surface area contributed by atoms with Gasteiger partial charge in [-0.3, -0.25) is 4.98 Å². The fourth-order valence-corrected chi connectivity index (χ4v) is 10.2. The van der Waals surface area contributed by atoms with Gasteiger partial charge < -0.3 is 14.0 Å².